The fraction of sp³-hybridized carbons (Fsp3) is 0.333. The summed E-state index contributed by atoms with van der Waals surface area (Å²) in [6.45, 7) is 3.95. The Kier molecular flexibility index (Phi) is 5.79. The molecule has 0 fully saturated rings. The van der Waals surface area contributed by atoms with Crippen molar-refractivity contribution in [2.24, 2.45) is 0 Å². The highest BCUT2D eigenvalue weighted by Crippen LogP contribution is 2.23. The summed E-state index contributed by atoms with van der Waals surface area (Å²) < 4.78 is 3.63. The normalized spacial score (nSPS) is 11.3. The molecule has 0 saturated carbocycles. The molecule has 2 aromatic heterocycles. The number of benzene rings is 1. The summed E-state index contributed by atoms with van der Waals surface area (Å²) in [5.74, 6) is 0. The molecule has 126 valence electrons. The van der Waals surface area contributed by atoms with Gasteiger partial charge in [0.25, 0.3) is 0 Å². The second-order valence-electron chi connectivity index (χ2n) is 5.34. The van der Waals surface area contributed by atoms with Gasteiger partial charge in [-0.25, -0.2) is 9.97 Å². The first-order valence-electron chi connectivity index (χ1n) is 7.52. The van der Waals surface area contributed by atoms with E-state index < -0.39 is 0 Å². The number of hydrogen-bond acceptors (Lipinski definition) is 5. The lowest BCUT2D eigenvalue weighted by atomic mass is 10.2. The van der Waals surface area contributed by atoms with Gasteiger partial charge in [0.1, 0.15) is 25.3 Å². The van der Waals surface area contributed by atoms with Crippen molar-refractivity contribution in [3.8, 4) is 0 Å². The predicted octanol–water partition coefficient (Wildman–Crippen LogP) is 2.38. The lowest BCUT2D eigenvalue weighted by molar-refractivity contribution is 0.237. The fourth-order valence-electron chi connectivity index (χ4n) is 2.35. The molecule has 0 aliphatic heterocycles. The van der Waals surface area contributed by atoms with Crippen LogP contribution in [0.25, 0.3) is 0 Å². The zero-order valence-corrected chi connectivity index (χ0v) is 14.5. The Bertz CT molecular complexity index is 705. The quantitative estimate of drug-likeness (QED) is 0.613. The first kappa shape index (κ1) is 16.9. The summed E-state index contributed by atoms with van der Waals surface area (Å²) in [5, 5.41) is 9.43. The van der Waals surface area contributed by atoms with Crippen molar-refractivity contribution in [1.29, 1.82) is 0 Å². The summed E-state index contributed by atoms with van der Waals surface area (Å²) in [7, 11) is 0. The number of halogens is 2. The van der Waals surface area contributed by atoms with Crippen LogP contribution in [0, 0.1) is 0 Å². The van der Waals surface area contributed by atoms with Gasteiger partial charge >= 0.3 is 0 Å². The number of nitrogens with zero attached hydrogens (tertiary/aromatic N) is 7. The third kappa shape index (κ3) is 4.77. The lowest BCUT2D eigenvalue weighted by Gasteiger charge is -2.22. The third-order valence-corrected chi connectivity index (χ3v) is 4.35. The molecule has 0 atom stereocenters. The van der Waals surface area contributed by atoms with E-state index in [4.69, 9.17) is 23.2 Å². The Balaban J connectivity index is 1.64. The minimum Gasteiger partial charge on any atom is -0.295 e. The van der Waals surface area contributed by atoms with Crippen LogP contribution >= 0.6 is 23.2 Å². The van der Waals surface area contributed by atoms with Crippen molar-refractivity contribution in [3.05, 3.63) is 59.1 Å². The highest BCUT2D eigenvalue weighted by molar-refractivity contribution is 6.42. The molecular formula is C15H17Cl2N7. The standard InChI is InChI=1S/C15H17Cl2N7/c16-14-2-1-13(7-15(14)17)8-22(3-5-23-11-18-9-20-23)4-6-24-12-19-10-21-24/h1-2,7,9-12H,3-6,8H2. The Morgan fingerprint density at radius 2 is 1.50 bits per heavy atom. The molecule has 3 aromatic rings. The maximum Gasteiger partial charge on any atom is 0.137 e. The highest BCUT2D eigenvalue weighted by Gasteiger charge is 2.09. The molecule has 0 aliphatic carbocycles. The van der Waals surface area contributed by atoms with Crippen LogP contribution in [0.1, 0.15) is 5.56 Å². The second-order valence-corrected chi connectivity index (χ2v) is 6.16. The average Bonchev–Trinajstić information content (AvgIpc) is 3.27. The maximum atomic E-state index is 6.12. The fourth-order valence-corrected chi connectivity index (χ4v) is 2.67. The van der Waals surface area contributed by atoms with Crippen LogP contribution in [0.3, 0.4) is 0 Å². The molecule has 1 aromatic carbocycles. The molecule has 0 spiro atoms. The number of rotatable bonds is 8. The van der Waals surface area contributed by atoms with Gasteiger partial charge in [0.05, 0.1) is 23.1 Å². The van der Waals surface area contributed by atoms with E-state index in [2.05, 4.69) is 25.1 Å². The molecule has 0 bridgehead atoms. The number of aromatic nitrogens is 6. The topological polar surface area (TPSA) is 64.7 Å². The molecule has 24 heavy (non-hydrogen) atoms. The van der Waals surface area contributed by atoms with Gasteiger partial charge in [-0.15, -0.1) is 0 Å². The largest absolute Gasteiger partial charge is 0.295 e. The van der Waals surface area contributed by atoms with Gasteiger partial charge in [-0.1, -0.05) is 29.3 Å². The smallest absolute Gasteiger partial charge is 0.137 e. The molecule has 0 N–H and O–H groups in total. The van der Waals surface area contributed by atoms with Gasteiger partial charge in [0.15, 0.2) is 0 Å². The van der Waals surface area contributed by atoms with E-state index in [0.717, 1.165) is 38.3 Å². The Morgan fingerprint density at radius 1 is 0.875 bits per heavy atom. The third-order valence-electron chi connectivity index (χ3n) is 3.61. The van der Waals surface area contributed by atoms with E-state index in [0.29, 0.717) is 10.0 Å². The molecule has 0 unspecified atom stereocenters. The molecule has 7 nitrogen and oxygen atoms in total. The minimum absolute atomic E-state index is 0.567. The van der Waals surface area contributed by atoms with Crippen LogP contribution in [0.4, 0.5) is 0 Å². The van der Waals surface area contributed by atoms with E-state index >= 15 is 0 Å². The van der Waals surface area contributed by atoms with Gasteiger partial charge < -0.3 is 0 Å². The first-order chi connectivity index (χ1) is 11.7. The summed E-state index contributed by atoms with van der Waals surface area (Å²) in [6, 6.07) is 5.72. The summed E-state index contributed by atoms with van der Waals surface area (Å²) in [4.78, 5) is 10.3. The van der Waals surface area contributed by atoms with Crippen molar-refractivity contribution in [1.82, 2.24) is 34.4 Å². The Labute approximate surface area is 149 Å². The molecule has 0 aliphatic rings. The summed E-state index contributed by atoms with van der Waals surface area (Å²) in [6.07, 6.45) is 6.51. The van der Waals surface area contributed by atoms with Crippen LogP contribution in [-0.2, 0) is 19.6 Å². The maximum absolute atomic E-state index is 6.12. The molecule has 0 amide bonds. The van der Waals surface area contributed by atoms with E-state index in [1.54, 1.807) is 25.3 Å². The van der Waals surface area contributed by atoms with Crippen LogP contribution in [0.2, 0.25) is 10.0 Å². The average molecular weight is 366 g/mol. The Hall–Kier alpha value is -1.96. The van der Waals surface area contributed by atoms with Crippen molar-refractivity contribution < 1.29 is 0 Å². The van der Waals surface area contributed by atoms with Gasteiger partial charge in [-0.2, -0.15) is 10.2 Å². The molecule has 0 radical (unpaired) electrons. The molecular weight excluding hydrogens is 349 g/mol. The van der Waals surface area contributed by atoms with Crippen molar-refractivity contribution in [2.75, 3.05) is 13.1 Å². The number of hydrogen-bond donors (Lipinski definition) is 0. The highest BCUT2D eigenvalue weighted by atomic mass is 35.5. The Morgan fingerprint density at radius 3 is 2.00 bits per heavy atom. The van der Waals surface area contributed by atoms with E-state index in [1.165, 1.54) is 0 Å². The van der Waals surface area contributed by atoms with Crippen LogP contribution in [0.5, 0.6) is 0 Å². The van der Waals surface area contributed by atoms with E-state index in [1.807, 2.05) is 27.6 Å². The van der Waals surface area contributed by atoms with Crippen molar-refractivity contribution >= 4 is 23.2 Å². The molecule has 2 heterocycles. The molecule has 0 saturated heterocycles. The molecule has 3 rings (SSSR count). The zero-order valence-electron chi connectivity index (χ0n) is 13.0. The summed E-state index contributed by atoms with van der Waals surface area (Å²) in [5.41, 5.74) is 1.11. The zero-order chi connectivity index (χ0) is 16.8. The van der Waals surface area contributed by atoms with Crippen molar-refractivity contribution in [3.63, 3.8) is 0 Å². The SMILES string of the molecule is Clc1ccc(CN(CCn2cncn2)CCn2cncn2)cc1Cl. The van der Waals surface area contributed by atoms with Crippen molar-refractivity contribution in [2.45, 2.75) is 19.6 Å². The van der Waals surface area contributed by atoms with E-state index in [9.17, 15) is 0 Å². The summed E-state index contributed by atoms with van der Waals surface area (Å²) >= 11 is 12.1. The predicted molar refractivity (Wildman–Crippen MR) is 91.8 cm³/mol. The van der Waals surface area contributed by atoms with E-state index in [-0.39, 0.29) is 0 Å². The second kappa shape index (κ2) is 8.23. The van der Waals surface area contributed by atoms with Crippen LogP contribution in [0.15, 0.2) is 43.5 Å². The van der Waals surface area contributed by atoms with Gasteiger partial charge in [0, 0.05) is 19.6 Å². The minimum atomic E-state index is 0.567. The van der Waals surface area contributed by atoms with Gasteiger partial charge in [-0.05, 0) is 17.7 Å². The van der Waals surface area contributed by atoms with Gasteiger partial charge in [-0.3, -0.25) is 14.3 Å². The van der Waals surface area contributed by atoms with Crippen LogP contribution < -0.4 is 0 Å². The lowest BCUT2D eigenvalue weighted by Crippen LogP contribution is -2.30. The molecule has 9 heteroatoms. The van der Waals surface area contributed by atoms with Crippen LogP contribution in [-0.4, -0.2) is 47.5 Å². The van der Waals surface area contributed by atoms with Gasteiger partial charge in [0.2, 0.25) is 0 Å². The monoisotopic (exact) mass is 365 g/mol. The first-order valence-corrected chi connectivity index (χ1v) is 8.27.